The first-order valence-corrected chi connectivity index (χ1v) is 9.02. The lowest BCUT2D eigenvalue weighted by atomic mass is 10.2. The molecule has 0 saturated carbocycles. The fourth-order valence-corrected chi connectivity index (χ4v) is 3.39. The Balaban J connectivity index is 2.72. The van der Waals surface area contributed by atoms with Crippen molar-refractivity contribution in [2.45, 2.75) is 26.7 Å². The van der Waals surface area contributed by atoms with Crippen molar-refractivity contribution < 1.29 is 8.42 Å². The highest BCUT2D eigenvalue weighted by atomic mass is 32.2. The summed E-state index contributed by atoms with van der Waals surface area (Å²) in [5, 5.41) is 0. The van der Waals surface area contributed by atoms with Gasteiger partial charge in [-0.1, -0.05) is 24.6 Å². The zero-order chi connectivity index (χ0) is 15.0. The van der Waals surface area contributed by atoms with E-state index in [0.29, 0.717) is 19.5 Å². The second-order valence-corrected chi connectivity index (χ2v) is 7.42. The molecule has 0 saturated heterocycles. The Kier molecular flexibility index (Phi) is 7.02. The van der Waals surface area contributed by atoms with E-state index in [-0.39, 0.29) is 11.5 Å². The van der Waals surface area contributed by atoms with Crippen LogP contribution in [0.1, 0.15) is 25.3 Å². The summed E-state index contributed by atoms with van der Waals surface area (Å²) in [7, 11) is -2.94. The van der Waals surface area contributed by atoms with Crippen molar-refractivity contribution in [1.82, 2.24) is 0 Å². The number of rotatable bonds is 9. The predicted octanol–water partition coefficient (Wildman–Crippen LogP) is 1.98. The monoisotopic (exact) mass is 298 g/mol. The minimum Gasteiger partial charge on any atom is -0.370 e. The summed E-state index contributed by atoms with van der Waals surface area (Å²) in [5.74, 6) is 0.477. The maximum Gasteiger partial charge on any atom is 0.152 e. The molecule has 4 nitrogen and oxygen atoms in total. The number of aryl methyl sites for hydroxylation is 1. The summed E-state index contributed by atoms with van der Waals surface area (Å²) < 4.78 is 23.7. The first-order chi connectivity index (χ1) is 9.48. The maximum atomic E-state index is 11.8. The average molecular weight is 298 g/mol. The lowest BCUT2D eigenvalue weighted by molar-refractivity contribution is 0.592. The van der Waals surface area contributed by atoms with Crippen LogP contribution in [-0.4, -0.2) is 39.6 Å². The highest BCUT2D eigenvalue weighted by Crippen LogP contribution is 2.15. The Labute approximate surface area is 122 Å². The van der Waals surface area contributed by atoms with E-state index in [9.17, 15) is 8.42 Å². The molecule has 0 bridgehead atoms. The third-order valence-corrected chi connectivity index (χ3v) is 5.05. The molecule has 114 valence electrons. The van der Waals surface area contributed by atoms with Crippen LogP contribution < -0.4 is 10.6 Å². The molecule has 0 fully saturated rings. The number of hydrogen-bond acceptors (Lipinski definition) is 4. The molecule has 20 heavy (non-hydrogen) atoms. The van der Waals surface area contributed by atoms with E-state index in [2.05, 4.69) is 4.90 Å². The zero-order valence-electron chi connectivity index (χ0n) is 12.5. The molecule has 0 spiro atoms. The Morgan fingerprint density at radius 2 is 1.75 bits per heavy atom. The molecule has 1 aromatic rings. The molecular weight excluding hydrogens is 272 g/mol. The van der Waals surface area contributed by atoms with Gasteiger partial charge in [-0.15, -0.1) is 0 Å². The number of nitrogens with two attached hydrogens (primary N) is 1. The smallest absolute Gasteiger partial charge is 0.152 e. The topological polar surface area (TPSA) is 63.4 Å². The van der Waals surface area contributed by atoms with Crippen LogP contribution in [0.15, 0.2) is 24.3 Å². The maximum absolute atomic E-state index is 11.8. The van der Waals surface area contributed by atoms with Gasteiger partial charge in [0.15, 0.2) is 9.84 Å². The lowest BCUT2D eigenvalue weighted by Gasteiger charge is -2.24. The van der Waals surface area contributed by atoms with Gasteiger partial charge in [-0.25, -0.2) is 8.42 Å². The Morgan fingerprint density at radius 3 is 2.30 bits per heavy atom. The summed E-state index contributed by atoms with van der Waals surface area (Å²) in [6.45, 7) is 5.88. The number of hydrogen-bond donors (Lipinski definition) is 1. The molecule has 0 amide bonds. The Morgan fingerprint density at radius 1 is 1.10 bits per heavy atom. The van der Waals surface area contributed by atoms with Gasteiger partial charge in [-0.05, 0) is 38.4 Å². The molecule has 2 N–H and O–H groups in total. The standard InChI is InChI=1S/C15H26N2O2S/c1-3-12-20(18,19)13-11-17(10-4-9-16)15-7-5-14(2)6-8-15/h5-8H,3-4,9-13,16H2,1-2H3. The molecule has 1 rings (SSSR count). The number of nitrogens with zero attached hydrogens (tertiary/aromatic N) is 1. The van der Waals surface area contributed by atoms with E-state index in [1.54, 1.807) is 0 Å². The van der Waals surface area contributed by atoms with Crippen molar-refractivity contribution in [3.63, 3.8) is 0 Å². The molecular formula is C15H26N2O2S. The fraction of sp³-hybridized carbons (Fsp3) is 0.600. The van der Waals surface area contributed by atoms with E-state index in [1.807, 2.05) is 38.1 Å². The molecule has 5 heteroatoms. The van der Waals surface area contributed by atoms with E-state index in [0.717, 1.165) is 18.7 Å². The van der Waals surface area contributed by atoms with E-state index in [1.165, 1.54) is 5.56 Å². The van der Waals surface area contributed by atoms with Crippen molar-refractivity contribution in [3.8, 4) is 0 Å². The van der Waals surface area contributed by atoms with Gasteiger partial charge in [-0.3, -0.25) is 0 Å². The van der Waals surface area contributed by atoms with Crippen LogP contribution in [0.25, 0.3) is 0 Å². The molecule has 0 aromatic heterocycles. The highest BCUT2D eigenvalue weighted by Gasteiger charge is 2.13. The molecule has 0 radical (unpaired) electrons. The number of sulfone groups is 1. The van der Waals surface area contributed by atoms with Gasteiger partial charge >= 0.3 is 0 Å². The van der Waals surface area contributed by atoms with Crippen LogP contribution in [0, 0.1) is 6.92 Å². The predicted molar refractivity (Wildman–Crippen MR) is 86.0 cm³/mol. The molecule has 0 heterocycles. The first-order valence-electron chi connectivity index (χ1n) is 7.20. The molecule has 0 unspecified atom stereocenters. The van der Waals surface area contributed by atoms with Crippen molar-refractivity contribution in [2.24, 2.45) is 5.73 Å². The van der Waals surface area contributed by atoms with E-state index in [4.69, 9.17) is 5.73 Å². The van der Waals surface area contributed by atoms with Crippen molar-refractivity contribution in [1.29, 1.82) is 0 Å². The first kappa shape index (κ1) is 17.0. The zero-order valence-corrected chi connectivity index (χ0v) is 13.3. The van der Waals surface area contributed by atoms with Gasteiger partial charge in [-0.2, -0.15) is 0 Å². The van der Waals surface area contributed by atoms with Crippen molar-refractivity contribution >= 4 is 15.5 Å². The van der Waals surface area contributed by atoms with Crippen LogP contribution in [0.2, 0.25) is 0 Å². The Hall–Kier alpha value is -1.07. The third-order valence-electron chi connectivity index (χ3n) is 3.22. The summed E-state index contributed by atoms with van der Waals surface area (Å²) in [4.78, 5) is 2.11. The highest BCUT2D eigenvalue weighted by molar-refractivity contribution is 7.91. The molecule has 0 atom stereocenters. The number of benzene rings is 1. The molecule has 0 aliphatic rings. The second kappa shape index (κ2) is 8.27. The summed E-state index contributed by atoms with van der Waals surface area (Å²) in [5.41, 5.74) is 7.83. The van der Waals surface area contributed by atoms with Crippen LogP contribution in [0.4, 0.5) is 5.69 Å². The van der Waals surface area contributed by atoms with E-state index >= 15 is 0 Å². The second-order valence-electron chi connectivity index (χ2n) is 5.12. The van der Waals surface area contributed by atoms with Gasteiger partial charge in [0.05, 0.1) is 5.75 Å². The summed E-state index contributed by atoms with van der Waals surface area (Å²) in [6.07, 6.45) is 1.54. The van der Waals surface area contributed by atoms with Crippen LogP contribution in [0.5, 0.6) is 0 Å². The van der Waals surface area contributed by atoms with Crippen molar-refractivity contribution in [3.05, 3.63) is 29.8 Å². The minimum atomic E-state index is -2.94. The lowest BCUT2D eigenvalue weighted by Crippen LogP contribution is -2.32. The number of anilines is 1. The van der Waals surface area contributed by atoms with Crippen LogP contribution in [-0.2, 0) is 9.84 Å². The summed E-state index contributed by atoms with van der Waals surface area (Å²) >= 11 is 0. The fourth-order valence-electron chi connectivity index (χ4n) is 2.07. The molecule has 1 aromatic carbocycles. The van der Waals surface area contributed by atoms with Crippen LogP contribution in [0.3, 0.4) is 0 Å². The van der Waals surface area contributed by atoms with Crippen molar-refractivity contribution in [2.75, 3.05) is 36.0 Å². The van der Waals surface area contributed by atoms with Gasteiger partial charge in [0.2, 0.25) is 0 Å². The Bertz CT molecular complexity index is 483. The normalized spacial score (nSPS) is 11.6. The van der Waals surface area contributed by atoms with Gasteiger partial charge in [0.25, 0.3) is 0 Å². The van der Waals surface area contributed by atoms with E-state index < -0.39 is 9.84 Å². The molecule has 0 aliphatic carbocycles. The average Bonchev–Trinajstić information content (AvgIpc) is 2.40. The van der Waals surface area contributed by atoms with Crippen LogP contribution >= 0.6 is 0 Å². The summed E-state index contributed by atoms with van der Waals surface area (Å²) in [6, 6.07) is 8.17. The SMILES string of the molecule is CCCS(=O)(=O)CCN(CCCN)c1ccc(C)cc1. The largest absolute Gasteiger partial charge is 0.370 e. The van der Waals surface area contributed by atoms with Gasteiger partial charge < -0.3 is 10.6 Å². The van der Waals surface area contributed by atoms with Gasteiger partial charge in [0, 0.05) is 24.5 Å². The molecule has 0 aliphatic heterocycles. The minimum absolute atomic E-state index is 0.208. The van der Waals surface area contributed by atoms with Gasteiger partial charge in [0.1, 0.15) is 0 Å². The quantitative estimate of drug-likeness (QED) is 0.757. The third kappa shape index (κ3) is 5.92.